The first-order chi connectivity index (χ1) is 12.2. The zero-order valence-corrected chi connectivity index (χ0v) is 16.4. The van der Waals surface area contributed by atoms with Crippen LogP contribution in [0, 0.1) is 13.8 Å². The molecule has 0 bridgehead atoms. The smallest absolute Gasteiger partial charge is 0.342 e. The lowest BCUT2D eigenvalue weighted by atomic mass is 10.1. The Bertz CT molecular complexity index is 863. The van der Waals surface area contributed by atoms with Crippen LogP contribution in [0.2, 0.25) is 5.02 Å². The monoisotopic (exact) mass is 394 g/mol. The molecular weight excluding hydrogens is 376 g/mol. The quantitative estimate of drug-likeness (QED) is 0.745. The van der Waals surface area contributed by atoms with Crippen LogP contribution in [0.25, 0.3) is 0 Å². The molecule has 0 radical (unpaired) electrons. The van der Waals surface area contributed by atoms with Gasteiger partial charge in [-0.2, -0.15) is 0 Å². The van der Waals surface area contributed by atoms with Crippen LogP contribution in [0.15, 0.2) is 24.3 Å². The predicted molar refractivity (Wildman–Crippen MR) is 103 cm³/mol. The number of ether oxygens (including phenoxy) is 1. The van der Waals surface area contributed by atoms with E-state index in [-0.39, 0.29) is 11.5 Å². The molecule has 0 saturated heterocycles. The number of anilines is 2. The SMILES string of the molecule is CC(=O)Nc1sc(C)c(C)c1C(=O)OC(C)C(=O)Nc1ccccc1Cl. The highest BCUT2D eigenvalue weighted by Gasteiger charge is 2.25. The number of carbonyl (C=O) groups is 3. The van der Waals surface area contributed by atoms with Crippen molar-refractivity contribution in [2.24, 2.45) is 0 Å². The Kier molecular flexibility index (Phi) is 6.39. The fourth-order valence-electron chi connectivity index (χ4n) is 2.19. The summed E-state index contributed by atoms with van der Waals surface area (Å²) in [6.07, 6.45) is -1.04. The van der Waals surface area contributed by atoms with E-state index >= 15 is 0 Å². The van der Waals surface area contributed by atoms with Crippen molar-refractivity contribution in [2.75, 3.05) is 10.6 Å². The Morgan fingerprint density at radius 3 is 2.42 bits per heavy atom. The molecule has 2 N–H and O–H groups in total. The van der Waals surface area contributed by atoms with Gasteiger partial charge in [0, 0.05) is 11.8 Å². The summed E-state index contributed by atoms with van der Waals surface area (Å²) in [7, 11) is 0. The van der Waals surface area contributed by atoms with Crippen molar-refractivity contribution in [1.82, 2.24) is 0 Å². The van der Waals surface area contributed by atoms with E-state index in [9.17, 15) is 14.4 Å². The lowest BCUT2D eigenvalue weighted by Gasteiger charge is -2.15. The maximum atomic E-state index is 12.5. The molecule has 0 spiro atoms. The van der Waals surface area contributed by atoms with Crippen molar-refractivity contribution in [3.8, 4) is 0 Å². The van der Waals surface area contributed by atoms with Crippen LogP contribution in [-0.2, 0) is 14.3 Å². The minimum Gasteiger partial charge on any atom is -0.449 e. The largest absolute Gasteiger partial charge is 0.449 e. The first-order valence-electron chi connectivity index (χ1n) is 7.84. The van der Waals surface area contributed by atoms with Crippen molar-refractivity contribution in [2.45, 2.75) is 33.8 Å². The van der Waals surface area contributed by atoms with E-state index in [0.29, 0.717) is 21.3 Å². The van der Waals surface area contributed by atoms with Gasteiger partial charge in [0.25, 0.3) is 5.91 Å². The molecule has 0 fully saturated rings. The second kappa shape index (κ2) is 8.33. The van der Waals surface area contributed by atoms with Crippen molar-refractivity contribution < 1.29 is 19.1 Å². The zero-order valence-electron chi connectivity index (χ0n) is 14.8. The molecule has 1 unspecified atom stereocenters. The maximum absolute atomic E-state index is 12.5. The average Bonchev–Trinajstić information content (AvgIpc) is 2.82. The van der Waals surface area contributed by atoms with Gasteiger partial charge in [-0.25, -0.2) is 4.79 Å². The first kappa shape index (κ1) is 19.9. The van der Waals surface area contributed by atoms with Crippen molar-refractivity contribution in [3.63, 3.8) is 0 Å². The molecule has 0 aliphatic heterocycles. The van der Waals surface area contributed by atoms with E-state index < -0.39 is 18.0 Å². The summed E-state index contributed by atoms with van der Waals surface area (Å²) in [6, 6.07) is 6.77. The average molecular weight is 395 g/mol. The number of halogens is 1. The summed E-state index contributed by atoms with van der Waals surface area (Å²) >= 11 is 7.29. The topological polar surface area (TPSA) is 84.5 Å². The van der Waals surface area contributed by atoms with E-state index in [1.54, 1.807) is 31.2 Å². The molecule has 26 heavy (non-hydrogen) atoms. The number of para-hydroxylation sites is 1. The molecule has 138 valence electrons. The Balaban J connectivity index is 2.13. The molecule has 1 atom stereocenters. The number of nitrogens with one attached hydrogen (secondary N) is 2. The van der Waals surface area contributed by atoms with Gasteiger partial charge in [0.1, 0.15) is 5.00 Å². The van der Waals surface area contributed by atoms with E-state index in [1.807, 2.05) is 6.92 Å². The Labute approximate surface area is 160 Å². The summed E-state index contributed by atoms with van der Waals surface area (Å²) in [5.41, 5.74) is 1.41. The molecule has 0 aliphatic carbocycles. The molecule has 0 saturated carbocycles. The maximum Gasteiger partial charge on any atom is 0.342 e. The lowest BCUT2D eigenvalue weighted by Crippen LogP contribution is -2.30. The molecule has 1 aromatic heterocycles. The molecule has 2 rings (SSSR count). The number of esters is 1. The molecule has 1 heterocycles. The molecule has 2 aromatic rings. The third-order valence-electron chi connectivity index (χ3n) is 3.66. The van der Waals surface area contributed by atoms with Crippen LogP contribution >= 0.6 is 22.9 Å². The molecule has 2 amide bonds. The van der Waals surface area contributed by atoms with Gasteiger partial charge in [0.15, 0.2) is 6.10 Å². The van der Waals surface area contributed by atoms with Gasteiger partial charge in [0.05, 0.1) is 16.3 Å². The normalized spacial score (nSPS) is 11.6. The van der Waals surface area contributed by atoms with Gasteiger partial charge >= 0.3 is 5.97 Å². The fraction of sp³-hybridized carbons (Fsp3) is 0.278. The number of hydrogen-bond donors (Lipinski definition) is 2. The van der Waals surface area contributed by atoms with E-state index in [2.05, 4.69) is 10.6 Å². The van der Waals surface area contributed by atoms with Gasteiger partial charge in [-0.15, -0.1) is 11.3 Å². The summed E-state index contributed by atoms with van der Waals surface area (Å²) in [5.74, 6) is -1.46. The number of amides is 2. The zero-order chi connectivity index (χ0) is 19.4. The Morgan fingerprint density at radius 2 is 1.81 bits per heavy atom. The molecule has 1 aromatic carbocycles. The van der Waals surface area contributed by atoms with Gasteiger partial charge < -0.3 is 15.4 Å². The number of hydrogen-bond acceptors (Lipinski definition) is 5. The molecule has 8 heteroatoms. The van der Waals surface area contributed by atoms with Crippen LogP contribution in [0.3, 0.4) is 0 Å². The third kappa shape index (κ3) is 4.62. The van der Waals surface area contributed by atoms with Crippen LogP contribution in [0.5, 0.6) is 0 Å². The number of aryl methyl sites for hydroxylation is 1. The summed E-state index contributed by atoms with van der Waals surface area (Å²) in [5, 5.41) is 6.04. The van der Waals surface area contributed by atoms with Gasteiger partial charge in [-0.3, -0.25) is 9.59 Å². The second-order valence-electron chi connectivity index (χ2n) is 5.69. The summed E-state index contributed by atoms with van der Waals surface area (Å²) in [6.45, 7) is 6.44. The standard InChI is InChI=1S/C18H19ClN2O4S/c1-9-11(3)26-17(20-12(4)22)15(9)18(24)25-10(2)16(23)21-14-8-6-5-7-13(14)19/h5-8,10H,1-4H3,(H,20,22)(H,21,23). The first-order valence-corrected chi connectivity index (χ1v) is 9.04. The fourth-order valence-corrected chi connectivity index (χ4v) is 3.47. The number of rotatable bonds is 5. The van der Waals surface area contributed by atoms with Crippen LogP contribution < -0.4 is 10.6 Å². The molecule has 0 aliphatic rings. The lowest BCUT2D eigenvalue weighted by molar-refractivity contribution is -0.123. The summed E-state index contributed by atoms with van der Waals surface area (Å²) in [4.78, 5) is 37.0. The van der Waals surface area contributed by atoms with Crippen molar-refractivity contribution in [1.29, 1.82) is 0 Å². The predicted octanol–water partition coefficient (Wildman–Crippen LogP) is 4.16. The second-order valence-corrected chi connectivity index (χ2v) is 7.32. The summed E-state index contributed by atoms with van der Waals surface area (Å²) < 4.78 is 5.29. The van der Waals surface area contributed by atoms with E-state index in [1.165, 1.54) is 25.2 Å². The van der Waals surface area contributed by atoms with Gasteiger partial charge in [-0.05, 0) is 38.5 Å². The van der Waals surface area contributed by atoms with Gasteiger partial charge in [0.2, 0.25) is 5.91 Å². The minimum absolute atomic E-state index is 0.264. The van der Waals surface area contributed by atoms with Crippen LogP contribution in [0.4, 0.5) is 10.7 Å². The Hall–Kier alpha value is -2.38. The van der Waals surface area contributed by atoms with Gasteiger partial charge in [-0.1, -0.05) is 23.7 Å². The third-order valence-corrected chi connectivity index (χ3v) is 5.12. The van der Waals surface area contributed by atoms with E-state index in [4.69, 9.17) is 16.3 Å². The van der Waals surface area contributed by atoms with Crippen molar-refractivity contribution in [3.05, 3.63) is 45.3 Å². The number of carbonyl (C=O) groups excluding carboxylic acids is 3. The molecule has 6 nitrogen and oxygen atoms in total. The highest BCUT2D eigenvalue weighted by molar-refractivity contribution is 7.16. The van der Waals surface area contributed by atoms with Crippen molar-refractivity contribution >= 4 is 51.4 Å². The minimum atomic E-state index is -1.04. The number of thiophene rings is 1. The number of benzene rings is 1. The highest BCUT2D eigenvalue weighted by atomic mass is 35.5. The van der Waals surface area contributed by atoms with E-state index in [0.717, 1.165) is 4.88 Å². The van der Waals surface area contributed by atoms with Crippen LogP contribution in [0.1, 0.15) is 34.6 Å². The van der Waals surface area contributed by atoms with Crippen LogP contribution in [-0.4, -0.2) is 23.9 Å². The molecular formula is C18H19ClN2O4S. The highest BCUT2D eigenvalue weighted by Crippen LogP contribution is 2.33. The Morgan fingerprint density at radius 1 is 1.15 bits per heavy atom.